The smallest absolute Gasteiger partial charge is 0.154 e. The van der Waals surface area contributed by atoms with Gasteiger partial charge in [0.05, 0.1) is 5.92 Å². The highest BCUT2D eigenvalue weighted by atomic mass is 35.5. The molecule has 0 aliphatic rings. The zero-order valence-electron chi connectivity index (χ0n) is 26.9. The first-order valence-electron chi connectivity index (χ1n) is 14.1. The fraction of sp³-hybridized carbons (Fsp3) is 0.543. The summed E-state index contributed by atoms with van der Waals surface area (Å²) in [5, 5.41) is 2.13. The third kappa shape index (κ3) is 6.22. The van der Waals surface area contributed by atoms with Gasteiger partial charge < -0.3 is 8.58 Å². The zero-order valence-corrected chi connectivity index (χ0v) is 29.3. The van der Waals surface area contributed by atoms with Crippen molar-refractivity contribution < 1.29 is 8.58 Å². The van der Waals surface area contributed by atoms with Crippen LogP contribution in [0.3, 0.4) is 0 Å². The minimum atomic E-state index is -0.200. The van der Waals surface area contributed by atoms with Crippen LogP contribution in [0.4, 0.5) is 0 Å². The SMILES string of the molecule is Cc1c(C(C)(C)C)cc(C(C)(C)C)c(OCl)c1C(c1cccs1)c1c(C)c(C(C)(C)C)cc(C(C)(C)C)c1OCl. The largest absolute Gasteiger partial charge is 0.385 e. The topological polar surface area (TPSA) is 18.5 Å². The summed E-state index contributed by atoms with van der Waals surface area (Å²) in [4.78, 5) is 1.19. The van der Waals surface area contributed by atoms with Crippen LogP contribution in [0, 0.1) is 13.8 Å². The molecule has 40 heavy (non-hydrogen) atoms. The number of benzene rings is 2. The fourth-order valence-electron chi connectivity index (χ4n) is 5.98. The van der Waals surface area contributed by atoms with Gasteiger partial charge in [-0.3, -0.25) is 0 Å². The lowest BCUT2D eigenvalue weighted by Gasteiger charge is -2.35. The average molecular weight is 604 g/mol. The lowest BCUT2D eigenvalue weighted by Crippen LogP contribution is -2.24. The van der Waals surface area contributed by atoms with Crippen LogP contribution in [0.5, 0.6) is 11.5 Å². The van der Waals surface area contributed by atoms with Gasteiger partial charge in [-0.05, 0) is 69.2 Å². The Morgan fingerprint density at radius 3 is 1.20 bits per heavy atom. The van der Waals surface area contributed by atoms with Crippen LogP contribution in [0.2, 0.25) is 0 Å². The summed E-state index contributed by atoms with van der Waals surface area (Å²) in [5.74, 6) is 1.24. The van der Waals surface area contributed by atoms with E-state index in [1.54, 1.807) is 11.3 Å². The Morgan fingerprint density at radius 2 is 0.950 bits per heavy atom. The molecule has 3 rings (SSSR count). The molecule has 0 aliphatic heterocycles. The van der Waals surface area contributed by atoms with Crippen LogP contribution in [-0.2, 0) is 21.7 Å². The standard InChI is InChI=1S/C35H48Cl2O2S/c1-20-22(32(3,4)5)18-24(34(9,10)11)30(38-36)27(20)29(26-16-15-17-40-26)28-21(2)23(33(6,7)8)19-25(31(28)39-37)35(12,13)14/h15-19,29H,1-14H3. The number of hydrogen-bond acceptors (Lipinski definition) is 3. The van der Waals surface area contributed by atoms with Crippen LogP contribution in [0.1, 0.15) is 138 Å². The van der Waals surface area contributed by atoms with Gasteiger partial charge >= 0.3 is 0 Å². The quantitative estimate of drug-likeness (QED) is 0.289. The molecule has 0 bridgehead atoms. The minimum Gasteiger partial charge on any atom is -0.385 e. The van der Waals surface area contributed by atoms with Gasteiger partial charge in [0.2, 0.25) is 0 Å². The van der Waals surface area contributed by atoms with E-state index < -0.39 is 0 Å². The van der Waals surface area contributed by atoms with Gasteiger partial charge in [-0.1, -0.05) is 101 Å². The van der Waals surface area contributed by atoms with Gasteiger partial charge in [0.1, 0.15) is 23.7 Å². The van der Waals surface area contributed by atoms with Crippen molar-refractivity contribution in [1.82, 2.24) is 0 Å². The molecule has 0 fully saturated rings. The molecule has 0 radical (unpaired) electrons. The maximum absolute atomic E-state index is 6.44. The first kappa shape index (κ1) is 32.8. The van der Waals surface area contributed by atoms with Gasteiger partial charge in [0.25, 0.3) is 0 Å². The van der Waals surface area contributed by atoms with Crippen molar-refractivity contribution in [3.63, 3.8) is 0 Å². The van der Waals surface area contributed by atoms with Crippen molar-refractivity contribution in [2.45, 2.75) is 125 Å². The van der Waals surface area contributed by atoms with Crippen LogP contribution in [0.25, 0.3) is 0 Å². The predicted octanol–water partition coefficient (Wildman–Crippen LogP) is 11.8. The van der Waals surface area contributed by atoms with E-state index in [4.69, 9.17) is 32.3 Å². The van der Waals surface area contributed by atoms with Crippen LogP contribution in [0.15, 0.2) is 29.6 Å². The van der Waals surface area contributed by atoms with Gasteiger partial charge in [0, 0.05) is 27.1 Å². The molecule has 0 unspecified atom stereocenters. The Morgan fingerprint density at radius 1 is 0.600 bits per heavy atom. The molecule has 0 N–H and O–H groups in total. The van der Waals surface area contributed by atoms with Crippen molar-refractivity contribution in [2.75, 3.05) is 0 Å². The Hall–Kier alpha value is -1.68. The molecule has 2 aromatic carbocycles. The van der Waals surface area contributed by atoms with E-state index in [2.05, 4.69) is 127 Å². The minimum absolute atomic E-state index is 0.0889. The Balaban J connectivity index is 2.71. The molecule has 0 saturated carbocycles. The van der Waals surface area contributed by atoms with E-state index in [0.29, 0.717) is 0 Å². The molecule has 1 aromatic heterocycles. The van der Waals surface area contributed by atoms with E-state index in [9.17, 15) is 0 Å². The molecular weight excluding hydrogens is 555 g/mol. The summed E-state index contributed by atoms with van der Waals surface area (Å²) in [6, 6.07) is 8.89. The van der Waals surface area contributed by atoms with Gasteiger partial charge in [-0.2, -0.15) is 0 Å². The summed E-state index contributed by atoms with van der Waals surface area (Å²) in [6.45, 7) is 31.3. The van der Waals surface area contributed by atoms with Crippen molar-refractivity contribution >= 4 is 35.1 Å². The third-order valence-electron chi connectivity index (χ3n) is 7.96. The second-order valence-electron chi connectivity index (χ2n) is 15.3. The average Bonchev–Trinajstić information content (AvgIpc) is 3.31. The lowest BCUT2D eigenvalue weighted by atomic mass is 9.70. The van der Waals surface area contributed by atoms with E-state index in [1.807, 2.05) is 0 Å². The highest BCUT2D eigenvalue weighted by molar-refractivity contribution is 7.10. The molecule has 2 nitrogen and oxygen atoms in total. The first-order valence-corrected chi connectivity index (χ1v) is 15.6. The number of hydrogen-bond donors (Lipinski definition) is 0. The number of halogens is 2. The van der Waals surface area contributed by atoms with Crippen LogP contribution in [-0.4, -0.2) is 0 Å². The lowest BCUT2D eigenvalue weighted by molar-refractivity contribution is 0.511. The summed E-state index contributed by atoms with van der Waals surface area (Å²) in [6.07, 6.45) is 0. The van der Waals surface area contributed by atoms with Crippen molar-refractivity contribution in [1.29, 1.82) is 0 Å². The molecule has 0 amide bonds. The second kappa shape index (κ2) is 11.2. The zero-order chi connectivity index (χ0) is 30.6. The third-order valence-corrected chi connectivity index (χ3v) is 9.21. The van der Waals surface area contributed by atoms with Gasteiger partial charge in [0.15, 0.2) is 11.5 Å². The monoisotopic (exact) mass is 602 g/mol. The number of thiophene rings is 1. The second-order valence-corrected chi connectivity index (χ2v) is 16.6. The predicted molar refractivity (Wildman–Crippen MR) is 175 cm³/mol. The number of rotatable bonds is 5. The van der Waals surface area contributed by atoms with Gasteiger partial charge in [-0.25, -0.2) is 0 Å². The molecule has 0 spiro atoms. The highest BCUT2D eigenvalue weighted by Crippen LogP contribution is 2.53. The molecule has 0 aliphatic carbocycles. The molecule has 5 heteroatoms. The normalized spacial score (nSPS) is 13.2. The van der Waals surface area contributed by atoms with E-state index in [1.165, 1.54) is 27.1 Å². The summed E-state index contributed by atoms with van der Waals surface area (Å²) in [5.41, 5.74) is 8.64. The summed E-state index contributed by atoms with van der Waals surface area (Å²) >= 11 is 14.6. The van der Waals surface area contributed by atoms with Crippen molar-refractivity contribution in [3.05, 3.63) is 79.0 Å². The molecule has 0 saturated heterocycles. The molecular formula is C35H48Cl2O2S. The highest BCUT2D eigenvalue weighted by Gasteiger charge is 2.38. The van der Waals surface area contributed by atoms with Gasteiger partial charge in [-0.15, -0.1) is 11.3 Å². The van der Waals surface area contributed by atoms with E-state index >= 15 is 0 Å². The Bertz CT molecular complexity index is 1270. The molecule has 0 atom stereocenters. The van der Waals surface area contributed by atoms with E-state index in [-0.39, 0.29) is 27.6 Å². The Kier molecular flexibility index (Phi) is 9.19. The maximum atomic E-state index is 6.44. The van der Waals surface area contributed by atoms with Crippen molar-refractivity contribution in [3.8, 4) is 11.5 Å². The fourth-order valence-corrected chi connectivity index (χ4v) is 7.15. The van der Waals surface area contributed by atoms with Crippen LogP contribution >= 0.6 is 35.1 Å². The van der Waals surface area contributed by atoms with E-state index in [0.717, 1.165) is 33.8 Å². The summed E-state index contributed by atoms with van der Waals surface area (Å²) < 4.78 is 11.7. The molecule has 3 aromatic rings. The molecule has 220 valence electrons. The maximum Gasteiger partial charge on any atom is 0.154 e. The summed E-state index contributed by atoms with van der Waals surface area (Å²) in [7, 11) is 0. The van der Waals surface area contributed by atoms with Crippen LogP contribution < -0.4 is 8.58 Å². The first-order chi connectivity index (χ1) is 18.2. The molecule has 1 heterocycles. The van der Waals surface area contributed by atoms with Crippen molar-refractivity contribution in [2.24, 2.45) is 0 Å². The Labute approximate surface area is 257 Å².